The summed E-state index contributed by atoms with van der Waals surface area (Å²) in [5.74, 6) is -0.491. The van der Waals surface area contributed by atoms with Crippen molar-refractivity contribution in [1.82, 2.24) is 4.31 Å². The number of fused-ring (bicyclic) bond motifs is 1. The highest BCUT2D eigenvalue weighted by Crippen LogP contribution is 2.41. The van der Waals surface area contributed by atoms with Crippen molar-refractivity contribution in [3.05, 3.63) is 29.8 Å². The molecular weight excluding hydrogens is 314 g/mol. The molecule has 1 aromatic carbocycles. The quantitative estimate of drug-likeness (QED) is 0.846. The van der Waals surface area contributed by atoms with Crippen LogP contribution in [0.1, 0.15) is 31.7 Å². The van der Waals surface area contributed by atoms with Gasteiger partial charge in [-0.15, -0.1) is 0 Å². The number of nitrogens with zero attached hydrogens (tertiary/aromatic N) is 1. The van der Waals surface area contributed by atoms with Crippen LogP contribution in [0.2, 0.25) is 0 Å². The maximum atomic E-state index is 13.0. The summed E-state index contributed by atoms with van der Waals surface area (Å²) in [6, 6.07) is 6.40. The summed E-state index contributed by atoms with van der Waals surface area (Å²) < 4.78 is 32.8. The number of ether oxygens (including phenoxy) is 1. The highest BCUT2D eigenvalue weighted by Gasteiger charge is 2.53. The third-order valence-corrected chi connectivity index (χ3v) is 6.73. The molecule has 2 aliphatic rings. The first-order valence-electron chi connectivity index (χ1n) is 8.19. The average molecular weight is 337 g/mol. The summed E-state index contributed by atoms with van der Waals surface area (Å²) in [5, 5.41) is 0. The first kappa shape index (κ1) is 16.5. The van der Waals surface area contributed by atoms with E-state index in [0.717, 1.165) is 16.3 Å². The van der Waals surface area contributed by atoms with Gasteiger partial charge in [-0.1, -0.05) is 31.0 Å². The second kappa shape index (κ2) is 6.24. The highest BCUT2D eigenvalue weighted by atomic mass is 32.2. The SMILES string of the molecule is CCC[C@H]1[C@H]2COCC[C@H]2C(=O)N1S(=O)(=O)c1ccc(C)cc1. The molecule has 126 valence electrons. The Kier molecular flexibility index (Phi) is 4.47. The number of hydrogen-bond acceptors (Lipinski definition) is 4. The smallest absolute Gasteiger partial charge is 0.266 e. The number of benzene rings is 1. The molecule has 2 aliphatic heterocycles. The number of hydrogen-bond donors (Lipinski definition) is 0. The molecule has 0 aromatic heterocycles. The first-order chi connectivity index (χ1) is 11.0. The van der Waals surface area contributed by atoms with E-state index in [1.54, 1.807) is 24.3 Å². The largest absolute Gasteiger partial charge is 0.381 e. The number of amides is 1. The monoisotopic (exact) mass is 337 g/mol. The van der Waals surface area contributed by atoms with E-state index in [9.17, 15) is 13.2 Å². The first-order valence-corrected chi connectivity index (χ1v) is 9.63. The molecule has 1 aromatic rings. The molecule has 0 unspecified atom stereocenters. The molecule has 0 saturated carbocycles. The Hall–Kier alpha value is -1.40. The van der Waals surface area contributed by atoms with Gasteiger partial charge in [0.05, 0.1) is 17.5 Å². The lowest BCUT2D eigenvalue weighted by Crippen LogP contribution is -2.40. The molecule has 2 heterocycles. The van der Waals surface area contributed by atoms with Crippen LogP contribution in [-0.4, -0.2) is 37.9 Å². The molecular formula is C17H23NO4S. The summed E-state index contributed by atoms with van der Waals surface area (Å²) in [4.78, 5) is 13.0. The van der Waals surface area contributed by atoms with Gasteiger partial charge in [-0.25, -0.2) is 12.7 Å². The van der Waals surface area contributed by atoms with E-state index >= 15 is 0 Å². The van der Waals surface area contributed by atoms with E-state index in [-0.39, 0.29) is 28.7 Å². The lowest BCUT2D eigenvalue weighted by atomic mass is 9.85. The van der Waals surface area contributed by atoms with Gasteiger partial charge in [-0.3, -0.25) is 4.79 Å². The summed E-state index contributed by atoms with van der Waals surface area (Å²) in [6.45, 7) is 4.92. The van der Waals surface area contributed by atoms with Gasteiger partial charge in [0.15, 0.2) is 0 Å². The Bertz CT molecular complexity index is 683. The lowest BCUT2D eigenvalue weighted by Gasteiger charge is -2.29. The number of rotatable bonds is 4. The van der Waals surface area contributed by atoms with Crippen LogP contribution in [0.25, 0.3) is 0 Å². The van der Waals surface area contributed by atoms with Gasteiger partial charge < -0.3 is 4.74 Å². The fraction of sp³-hybridized carbons (Fsp3) is 0.588. The van der Waals surface area contributed by atoms with Gasteiger partial charge in [0.2, 0.25) is 5.91 Å². The Morgan fingerprint density at radius 2 is 1.96 bits per heavy atom. The summed E-state index contributed by atoms with van der Waals surface area (Å²) >= 11 is 0. The minimum absolute atomic E-state index is 0.0172. The van der Waals surface area contributed by atoms with E-state index in [0.29, 0.717) is 26.1 Å². The maximum Gasteiger partial charge on any atom is 0.266 e. The van der Waals surface area contributed by atoms with Gasteiger partial charge in [0.25, 0.3) is 10.0 Å². The lowest BCUT2D eigenvalue weighted by molar-refractivity contribution is -0.129. The van der Waals surface area contributed by atoms with E-state index < -0.39 is 10.0 Å². The minimum Gasteiger partial charge on any atom is -0.381 e. The molecule has 3 atom stereocenters. The van der Waals surface area contributed by atoms with Crippen molar-refractivity contribution >= 4 is 15.9 Å². The number of carbonyl (C=O) groups is 1. The van der Waals surface area contributed by atoms with Crippen LogP contribution in [0, 0.1) is 18.8 Å². The van der Waals surface area contributed by atoms with Crippen LogP contribution in [-0.2, 0) is 19.6 Å². The zero-order valence-corrected chi connectivity index (χ0v) is 14.4. The predicted octanol–water partition coefficient (Wildman–Crippen LogP) is 2.35. The van der Waals surface area contributed by atoms with Gasteiger partial charge >= 0.3 is 0 Å². The van der Waals surface area contributed by atoms with Crippen LogP contribution >= 0.6 is 0 Å². The predicted molar refractivity (Wildman–Crippen MR) is 86.3 cm³/mol. The Balaban J connectivity index is 2.01. The standard InChI is InChI=1S/C17H23NO4S/c1-3-4-16-15-11-22-10-9-14(15)17(19)18(16)23(20,21)13-7-5-12(2)6-8-13/h5-8,14-16H,3-4,9-11H2,1-2H3/t14-,15+,16+/m1/s1. The van der Waals surface area contributed by atoms with Crippen molar-refractivity contribution in [2.45, 2.75) is 44.0 Å². The van der Waals surface area contributed by atoms with Gasteiger partial charge in [-0.05, 0) is 31.9 Å². The van der Waals surface area contributed by atoms with Crippen LogP contribution in [0.4, 0.5) is 0 Å². The molecule has 3 rings (SSSR count). The van der Waals surface area contributed by atoms with E-state index in [2.05, 4.69) is 0 Å². The van der Waals surface area contributed by atoms with E-state index in [1.807, 2.05) is 13.8 Å². The van der Waals surface area contributed by atoms with Gasteiger partial charge in [-0.2, -0.15) is 0 Å². The molecule has 5 nitrogen and oxygen atoms in total. The van der Waals surface area contributed by atoms with Crippen LogP contribution in [0.15, 0.2) is 29.2 Å². The molecule has 0 radical (unpaired) electrons. The second-order valence-corrected chi connectivity index (χ2v) is 8.26. The minimum atomic E-state index is -3.81. The number of carbonyl (C=O) groups excluding carboxylic acids is 1. The van der Waals surface area contributed by atoms with Crippen molar-refractivity contribution in [2.24, 2.45) is 11.8 Å². The maximum absolute atomic E-state index is 13.0. The second-order valence-electron chi connectivity index (χ2n) is 6.44. The molecule has 0 bridgehead atoms. The zero-order chi connectivity index (χ0) is 16.6. The Morgan fingerprint density at radius 1 is 1.26 bits per heavy atom. The van der Waals surface area contributed by atoms with Crippen molar-refractivity contribution in [3.8, 4) is 0 Å². The fourth-order valence-electron chi connectivity index (χ4n) is 3.69. The number of sulfonamides is 1. The van der Waals surface area contributed by atoms with Gasteiger partial charge in [0, 0.05) is 18.4 Å². The Morgan fingerprint density at radius 3 is 2.61 bits per heavy atom. The van der Waals surface area contributed by atoms with E-state index in [4.69, 9.17) is 4.74 Å². The summed E-state index contributed by atoms with van der Waals surface area (Å²) in [7, 11) is -3.81. The Labute approximate surface area is 137 Å². The summed E-state index contributed by atoms with van der Waals surface area (Å²) in [5.41, 5.74) is 0.990. The molecule has 0 aliphatic carbocycles. The van der Waals surface area contributed by atoms with Crippen molar-refractivity contribution in [3.63, 3.8) is 0 Å². The van der Waals surface area contributed by atoms with Crippen molar-refractivity contribution in [2.75, 3.05) is 13.2 Å². The van der Waals surface area contributed by atoms with Crippen LogP contribution in [0.3, 0.4) is 0 Å². The topological polar surface area (TPSA) is 63.7 Å². The fourth-order valence-corrected chi connectivity index (χ4v) is 5.39. The molecule has 0 N–H and O–H groups in total. The van der Waals surface area contributed by atoms with Crippen molar-refractivity contribution < 1.29 is 17.9 Å². The van der Waals surface area contributed by atoms with Crippen LogP contribution < -0.4 is 0 Å². The third kappa shape index (κ3) is 2.78. The molecule has 2 saturated heterocycles. The summed E-state index contributed by atoms with van der Waals surface area (Å²) in [6.07, 6.45) is 2.13. The highest BCUT2D eigenvalue weighted by molar-refractivity contribution is 7.89. The molecule has 0 spiro atoms. The van der Waals surface area contributed by atoms with Gasteiger partial charge in [0.1, 0.15) is 0 Å². The van der Waals surface area contributed by atoms with Crippen molar-refractivity contribution in [1.29, 1.82) is 0 Å². The average Bonchev–Trinajstić information content (AvgIpc) is 2.82. The van der Waals surface area contributed by atoms with E-state index in [1.165, 1.54) is 0 Å². The molecule has 1 amide bonds. The third-order valence-electron chi connectivity index (χ3n) is 4.89. The number of aryl methyl sites for hydroxylation is 1. The molecule has 23 heavy (non-hydrogen) atoms. The molecule has 2 fully saturated rings. The molecule has 6 heteroatoms. The zero-order valence-electron chi connectivity index (χ0n) is 13.6. The van der Waals surface area contributed by atoms with Crippen LogP contribution in [0.5, 0.6) is 0 Å². The normalized spacial score (nSPS) is 28.0.